The van der Waals surface area contributed by atoms with Crippen molar-refractivity contribution in [3.8, 4) is 0 Å². The van der Waals surface area contributed by atoms with Crippen LogP contribution in [0.4, 0.5) is 0 Å². The summed E-state index contributed by atoms with van der Waals surface area (Å²) in [5, 5.41) is 9.11. The first-order valence-corrected chi connectivity index (χ1v) is 6.98. The van der Waals surface area contributed by atoms with Crippen LogP contribution in [0.2, 0.25) is 0 Å². The molecule has 0 heterocycles. The highest BCUT2D eigenvalue weighted by Gasteiger charge is 2.25. The first-order valence-electron chi connectivity index (χ1n) is 6.98. The minimum atomic E-state index is -0.299. The van der Waals surface area contributed by atoms with Crippen molar-refractivity contribution in [2.45, 2.75) is 64.5 Å². The SMILES string of the molecule is CC(C)(C)OCC(=O)N(CCO)C1CCCCC1. The van der Waals surface area contributed by atoms with Gasteiger partial charge in [-0.05, 0) is 33.6 Å². The Kier molecular flexibility index (Phi) is 6.09. The van der Waals surface area contributed by atoms with Crippen LogP contribution in [0.3, 0.4) is 0 Å². The Morgan fingerprint density at radius 3 is 2.39 bits per heavy atom. The fourth-order valence-corrected chi connectivity index (χ4v) is 2.37. The molecule has 0 aromatic rings. The van der Waals surface area contributed by atoms with Crippen molar-refractivity contribution in [2.24, 2.45) is 0 Å². The number of rotatable bonds is 5. The molecule has 0 unspecified atom stereocenters. The fourth-order valence-electron chi connectivity index (χ4n) is 2.37. The molecule has 1 rings (SSSR count). The first-order chi connectivity index (χ1) is 8.44. The van der Waals surface area contributed by atoms with Crippen LogP contribution in [0.25, 0.3) is 0 Å². The fraction of sp³-hybridized carbons (Fsp3) is 0.929. The van der Waals surface area contributed by atoms with Crippen molar-refractivity contribution in [1.29, 1.82) is 0 Å². The van der Waals surface area contributed by atoms with Gasteiger partial charge >= 0.3 is 0 Å². The quantitative estimate of drug-likeness (QED) is 0.819. The second-order valence-electron chi connectivity index (χ2n) is 6.00. The number of carbonyl (C=O) groups is 1. The van der Waals surface area contributed by atoms with Gasteiger partial charge in [0.1, 0.15) is 6.61 Å². The summed E-state index contributed by atoms with van der Waals surface area (Å²) < 4.78 is 5.54. The van der Waals surface area contributed by atoms with Crippen LogP contribution in [0.5, 0.6) is 0 Å². The van der Waals surface area contributed by atoms with Gasteiger partial charge in [-0.25, -0.2) is 0 Å². The largest absolute Gasteiger partial charge is 0.395 e. The van der Waals surface area contributed by atoms with Crippen LogP contribution >= 0.6 is 0 Å². The molecule has 0 saturated heterocycles. The summed E-state index contributed by atoms with van der Waals surface area (Å²) in [4.78, 5) is 14.0. The van der Waals surface area contributed by atoms with Gasteiger partial charge in [0, 0.05) is 12.6 Å². The Labute approximate surface area is 110 Å². The Morgan fingerprint density at radius 1 is 1.28 bits per heavy atom. The van der Waals surface area contributed by atoms with E-state index in [2.05, 4.69) is 0 Å². The molecule has 4 heteroatoms. The third-order valence-corrected chi connectivity index (χ3v) is 3.31. The van der Waals surface area contributed by atoms with E-state index in [1.807, 2.05) is 25.7 Å². The lowest BCUT2D eigenvalue weighted by atomic mass is 9.94. The first kappa shape index (κ1) is 15.4. The molecule has 1 N–H and O–H groups in total. The topological polar surface area (TPSA) is 49.8 Å². The van der Waals surface area contributed by atoms with Crippen LogP contribution < -0.4 is 0 Å². The number of aliphatic hydroxyl groups excluding tert-OH is 1. The Balaban J connectivity index is 2.51. The lowest BCUT2D eigenvalue weighted by Gasteiger charge is -2.34. The van der Waals surface area contributed by atoms with Gasteiger partial charge in [0.25, 0.3) is 0 Å². The van der Waals surface area contributed by atoms with Gasteiger partial charge in [-0.15, -0.1) is 0 Å². The molecule has 4 nitrogen and oxygen atoms in total. The third-order valence-electron chi connectivity index (χ3n) is 3.31. The molecule has 0 aromatic heterocycles. The molecule has 18 heavy (non-hydrogen) atoms. The maximum absolute atomic E-state index is 12.2. The van der Waals surface area contributed by atoms with E-state index in [0.29, 0.717) is 12.6 Å². The number of carbonyl (C=O) groups excluding carboxylic acids is 1. The van der Waals surface area contributed by atoms with Gasteiger partial charge in [0.15, 0.2) is 0 Å². The predicted octanol–water partition coefficient (Wildman–Crippen LogP) is 1.96. The molecule has 0 aromatic carbocycles. The summed E-state index contributed by atoms with van der Waals surface area (Å²) in [5.41, 5.74) is -0.299. The summed E-state index contributed by atoms with van der Waals surface area (Å²) in [6, 6.07) is 0.293. The summed E-state index contributed by atoms with van der Waals surface area (Å²) in [5.74, 6) is 0.00544. The Morgan fingerprint density at radius 2 is 1.89 bits per heavy atom. The molecular weight excluding hydrogens is 230 g/mol. The molecule has 0 atom stereocenters. The highest BCUT2D eigenvalue weighted by Crippen LogP contribution is 2.22. The molecule has 0 bridgehead atoms. The van der Waals surface area contributed by atoms with Crippen LogP contribution in [0.1, 0.15) is 52.9 Å². The van der Waals surface area contributed by atoms with Gasteiger partial charge < -0.3 is 14.7 Å². The van der Waals surface area contributed by atoms with Gasteiger partial charge in [-0.2, -0.15) is 0 Å². The maximum atomic E-state index is 12.2. The predicted molar refractivity (Wildman–Crippen MR) is 71.4 cm³/mol. The van der Waals surface area contributed by atoms with Gasteiger partial charge in [-0.1, -0.05) is 19.3 Å². The maximum Gasteiger partial charge on any atom is 0.248 e. The smallest absolute Gasteiger partial charge is 0.248 e. The molecule has 1 fully saturated rings. The monoisotopic (exact) mass is 257 g/mol. The van der Waals surface area contributed by atoms with E-state index < -0.39 is 0 Å². The van der Waals surface area contributed by atoms with E-state index >= 15 is 0 Å². The molecule has 1 aliphatic carbocycles. The lowest BCUT2D eigenvalue weighted by Crippen LogP contribution is -2.45. The number of nitrogens with zero attached hydrogens (tertiary/aromatic N) is 1. The Hall–Kier alpha value is -0.610. The standard InChI is InChI=1S/C14H27NO3/c1-14(2,3)18-11-13(17)15(9-10-16)12-7-5-4-6-8-12/h12,16H,4-11H2,1-3H3. The Bertz CT molecular complexity index is 254. The number of aliphatic hydroxyl groups is 1. The average Bonchev–Trinajstić information content (AvgIpc) is 2.33. The van der Waals surface area contributed by atoms with Crippen LogP contribution in [-0.2, 0) is 9.53 Å². The van der Waals surface area contributed by atoms with Gasteiger partial charge in [-0.3, -0.25) is 4.79 Å². The molecule has 1 saturated carbocycles. The molecule has 0 aliphatic heterocycles. The summed E-state index contributed by atoms with van der Waals surface area (Å²) in [6.45, 7) is 6.39. The van der Waals surface area contributed by atoms with Crippen LogP contribution in [-0.4, -0.2) is 47.3 Å². The zero-order valence-corrected chi connectivity index (χ0v) is 11.9. The minimum Gasteiger partial charge on any atom is -0.395 e. The molecule has 0 spiro atoms. The number of amides is 1. The second-order valence-corrected chi connectivity index (χ2v) is 6.00. The van der Waals surface area contributed by atoms with Crippen molar-refractivity contribution < 1.29 is 14.6 Å². The molecule has 1 aliphatic rings. The van der Waals surface area contributed by atoms with E-state index in [1.165, 1.54) is 19.3 Å². The van der Waals surface area contributed by atoms with E-state index in [9.17, 15) is 4.79 Å². The average molecular weight is 257 g/mol. The van der Waals surface area contributed by atoms with E-state index in [1.54, 1.807) is 0 Å². The minimum absolute atomic E-state index is 0.00544. The van der Waals surface area contributed by atoms with Crippen molar-refractivity contribution in [2.75, 3.05) is 19.8 Å². The molecule has 106 valence electrons. The van der Waals surface area contributed by atoms with Crippen molar-refractivity contribution in [3.63, 3.8) is 0 Å². The van der Waals surface area contributed by atoms with Crippen LogP contribution in [0.15, 0.2) is 0 Å². The normalized spacial score (nSPS) is 17.8. The highest BCUT2D eigenvalue weighted by atomic mass is 16.5. The van der Waals surface area contributed by atoms with Crippen molar-refractivity contribution >= 4 is 5.91 Å². The second kappa shape index (κ2) is 7.10. The molecular formula is C14H27NO3. The number of ether oxygens (including phenoxy) is 1. The zero-order chi connectivity index (χ0) is 13.6. The van der Waals surface area contributed by atoms with E-state index in [4.69, 9.17) is 9.84 Å². The molecule has 1 amide bonds. The number of hydrogen-bond acceptors (Lipinski definition) is 3. The van der Waals surface area contributed by atoms with Crippen LogP contribution in [0, 0.1) is 0 Å². The summed E-state index contributed by atoms with van der Waals surface area (Å²) in [6.07, 6.45) is 5.73. The van der Waals surface area contributed by atoms with Crippen molar-refractivity contribution in [3.05, 3.63) is 0 Å². The highest BCUT2D eigenvalue weighted by molar-refractivity contribution is 5.77. The summed E-state index contributed by atoms with van der Waals surface area (Å²) in [7, 11) is 0. The summed E-state index contributed by atoms with van der Waals surface area (Å²) >= 11 is 0. The van der Waals surface area contributed by atoms with E-state index in [-0.39, 0.29) is 24.7 Å². The van der Waals surface area contributed by atoms with Crippen molar-refractivity contribution in [1.82, 2.24) is 4.90 Å². The third kappa shape index (κ3) is 5.36. The lowest BCUT2D eigenvalue weighted by molar-refractivity contribution is -0.144. The molecule has 0 radical (unpaired) electrons. The van der Waals surface area contributed by atoms with Gasteiger partial charge in [0.2, 0.25) is 5.91 Å². The number of hydrogen-bond donors (Lipinski definition) is 1. The zero-order valence-electron chi connectivity index (χ0n) is 11.9. The van der Waals surface area contributed by atoms with Gasteiger partial charge in [0.05, 0.1) is 12.2 Å². The van der Waals surface area contributed by atoms with E-state index in [0.717, 1.165) is 12.8 Å².